The van der Waals surface area contributed by atoms with Crippen LogP contribution in [0, 0.1) is 0 Å². The van der Waals surface area contributed by atoms with Crippen molar-refractivity contribution in [1.82, 2.24) is 0 Å². The van der Waals surface area contributed by atoms with Crippen molar-refractivity contribution < 1.29 is 22.7 Å². The Morgan fingerprint density at radius 3 is 2.28 bits per heavy atom. The molecule has 1 aromatic heterocycles. The fourth-order valence-corrected chi connectivity index (χ4v) is 4.70. The van der Waals surface area contributed by atoms with Gasteiger partial charge in [0.1, 0.15) is 4.88 Å². The first-order valence-corrected chi connectivity index (χ1v) is 10.8. The molecule has 150 valence electrons. The Morgan fingerprint density at radius 2 is 1.66 bits per heavy atom. The van der Waals surface area contributed by atoms with Crippen molar-refractivity contribution in [3.63, 3.8) is 0 Å². The average molecular weight is 431 g/mol. The van der Waals surface area contributed by atoms with Crippen LogP contribution < -0.4 is 9.62 Å². The zero-order chi connectivity index (χ0) is 21.0. The number of hydrogen-bond donors (Lipinski definition) is 1. The summed E-state index contributed by atoms with van der Waals surface area (Å²) in [6, 6.07) is 15.8. The zero-order valence-electron chi connectivity index (χ0n) is 15.7. The Labute approximate surface area is 172 Å². The largest absolute Gasteiger partial charge is 0.465 e. The van der Waals surface area contributed by atoms with Crippen molar-refractivity contribution in [3.05, 3.63) is 76.5 Å². The minimum Gasteiger partial charge on any atom is -0.465 e. The Bertz CT molecular complexity index is 1120. The van der Waals surface area contributed by atoms with Crippen molar-refractivity contribution >= 4 is 44.6 Å². The first kappa shape index (κ1) is 20.6. The van der Waals surface area contributed by atoms with Gasteiger partial charge >= 0.3 is 5.97 Å². The molecule has 0 aliphatic carbocycles. The van der Waals surface area contributed by atoms with Gasteiger partial charge in [0.2, 0.25) is 0 Å². The van der Waals surface area contributed by atoms with Crippen molar-refractivity contribution in [1.29, 1.82) is 0 Å². The number of hydrogen-bond acceptors (Lipinski definition) is 6. The zero-order valence-corrected chi connectivity index (χ0v) is 17.3. The number of sulfonamides is 1. The molecule has 7 nitrogen and oxygen atoms in total. The van der Waals surface area contributed by atoms with E-state index in [2.05, 4.69) is 10.1 Å². The molecule has 2 aromatic carbocycles. The van der Waals surface area contributed by atoms with Crippen LogP contribution in [0.25, 0.3) is 0 Å². The van der Waals surface area contributed by atoms with E-state index in [1.807, 2.05) is 0 Å². The number of amides is 1. The fourth-order valence-electron chi connectivity index (χ4n) is 2.60. The van der Waals surface area contributed by atoms with Gasteiger partial charge in [-0.15, -0.1) is 11.3 Å². The van der Waals surface area contributed by atoms with Crippen molar-refractivity contribution in [2.24, 2.45) is 0 Å². The smallest absolute Gasteiger partial charge is 0.337 e. The summed E-state index contributed by atoms with van der Waals surface area (Å²) in [5, 5.41) is 4.37. The van der Waals surface area contributed by atoms with Crippen LogP contribution in [-0.4, -0.2) is 34.5 Å². The third-order valence-corrected chi connectivity index (χ3v) is 6.84. The minimum absolute atomic E-state index is 0.137. The second-order valence-corrected chi connectivity index (χ2v) is 8.83. The predicted molar refractivity (Wildman–Crippen MR) is 112 cm³/mol. The highest BCUT2D eigenvalue weighted by atomic mass is 32.2. The van der Waals surface area contributed by atoms with Crippen LogP contribution in [0.4, 0.5) is 11.4 Å². The Kier molecular flexibility index (Phi) is 6.00. The van der Waals surface area contributed by atoms with Gasteiger partial charge in [-0.25, -0.2) is 13.2 Å². The molecule has 0 aliphatic rings. The van der Waals surface area contributed by atoms with E-state index in [1.54, 1.807) is 41.8 Å². The van der Waals surface area contributed by atoms with E-state index in [9.17, 15) is 18.0 Å². The quantitative estimate of drug-likeness (QED) is 0.603. The molecular formula is C20H18N2O5S2. The number of methoxy groups -OCH3 is 1. The number of esters is 1. The van der Waals surface area contributed by atoms with Crippen LogP contribution in [0.5, 0.6) is 0 Å². The molecule has 0 spiro atoms. The molecule has 1 heterocycles. The molecule has 0 saturated heterocycles. The molecule has 1 amide bonds. The second-order valence-electron chi connectivity index (χ2n) is 5.94. The summed E-state index contributed by atoms with van der Waals surface area (Å²) < 4.78 is 31.4. The summed E-state index contributed by atoms with van der Waals surface area (Å²) in [5.74, 6) is -0.924. The third-order valence-electron chi connectivity index (χ3n) is 4.16. The van der Waals surface area contributed by atoms with Crippen LogP contribution >= 0.6 is 11.3 Å². The molecule has 1 N–H and O–H groups in total. The van der Waals surface area contributed by atoms with Gasteiger partial charge in [-0.3, -0.25) is 9.10 Å². The lowest BCUT2D eigenvalue weighted by Crippen LogP contribution is -2.28. The van der Waals surface area contributed by atoms with Gasteiger partial charge in [-0.2, -0.15) is 0 Å². The third kappa shape index (κ3) is 4.30. The molecule has 0 aliphatic heterocycles. The standard InChI is InChI=1S/C20H18N2O5S2/c1-22(29(25,26)16-6-4-3-5-7-16)17-12-13-28-18(17)19(23)21-15-10-8-14(9-11-15)20(24)27-2/h3-13H,1-2H3,(H,21,23). The molecule has 29 heavy (non-hydrogen) atoms. The van der Waals surface area contributed by atoms with Gasteiger partial charge < -0.3 is 10.1 Å². The van der Waals surface area contributed by atoms with E-state index in [0.29, 0.717) is 11.3 Å². The van der Waals surface area contributed by atoms with Gasteiger partial charge in [0.25, 0.3) is 15.9 Å². The molecule has 0 unspecified atom stereocenters. The Balaban J connectivity index is 1.82. The summed E-state index contributed by atoms with van der Waals surface area (Å²) >= 11 is 1.14. The number of carbonyl (C=O) groups excluding carboxylic acids is 2. The van der Waals surface area contributed by atoms with E-state index in [1.165, 1.54) is 38.4 Å². The SMILES string of the molecule is COC(=O)c1ccc(NC(=O)c2sccc2N(C)S(=O)(=O)c2ccccc2)cc1. The van der Waals surface area contributed by atoms with Gasteiger partial charge in [0.15, 0.2) is 0 Å². The highest BCUT2D eigenvalue weighted by Gasteiger charge is 2.26. The van der Waals surface area contributed by atoms with Gasteiger partial charge in [0, 0.05) is 12.7 Å². The first-order chi connectivity index (χ1) is 13.8. The number of nitrogens with one attached hydrogen (secondary N) is 1. The van der Waals surface area contributed by atoms with Gasteiger partial charge in [0.05, 0.1) is 23.3 Å². The van der Waals surface area contributed by atoms with E-state index < -0.39 is 21.9 Å². The van der Waals surface area contributed by atoms with Gasteiger partial charge in [-0.1, -0.05) is 18.2 Å². The Morgan fingerprint density at radius 1 is 1.00 bits per heavy atom. The van der Waals surface area contributed by atoms with Crippen molar-refractivity contribution in [2.75, 3.05) is 23.8 Å². The number of nitrogens with zero attached hydrogens (tertiary/aromatic N) is 1. The van der Waals surface area contributed by atoms with E-state index in [0.717, 1.165) is 15.6 Å². The van der Waals surface area contributed by atoms with E-state index in [-0.39, 0.29) is 15.5 Å². The molecule has 3 aromatic rings. The van der Waals surface area contributed by atoms with Crippen molar-refractivity contribution in [2.45, 2.75) is 4.90 Å². The summed E-state index contributed by atoms with van der Waals surface area (Å²) in [6.07, 6.45) is 0. The monoisotopic (exact) mass is 430 g/mol. The molecule has 3 rings (SSSR count). The van der Waals surface area contributed by atoms with Crippen molar-refractivity contribution in [3.8, 4) is 0 Å². The maximum Gasteiger partial charge on any atom is 0.337 e. The van der Waals surface area contributed by atoms with Crippen LogP contribution in [0.1, 0.15) is 20.0 Å². The number of rotatable bonds is 6. The first-order valence-electron chi connectivity index (χ1n) is 8.46. The number of ether oxygens (including phenoxy) is 1. The van der Waals surface area contributed by atoms with Crippen LogP contribution in [0.3, 0.4) is 0 Å². The summed E-state index contributed by atoms with van der Waals surface area (Å²) in [5.41, 5.74) is 1.11. The highest BCUT2D eigenvalue weighted by Crippen LogP contribution is 2.30. The lowest BCUT2D eigenvalue weighted by atomic mass is 10.2. The average Bonchev–Trinajstić information content (AvgIpc) is 3.23. The Hall–Kier alpha value is -3.17. The lowest BCUT2D eigenvalue weighted by Gasteiger charge is -2.19. The fraction of sp³-hybridized carbons (Fsp3) is 0.100. The van der Waals surface area contributed by atoms with Gasteiger partial charge in [-0.05, 0) is 47.8 Å². The van der Waals surface area contributed by atoms with E-state index >= 15 is 0 Å². The molecule has 0 bridgehead atoms. The number of anilines is 2. The van der Waals surface area contributed by atoms with Crippen LogP contribution in [-0.2, 0) is 14.8 Å². The molecule has 0 fully saturated rings. The second kappa shape index (κ2) is 8.46. The maximum absolute atomic E-state index is 12.8. The molecule has 9 heteroatoms. The lowest BCUT2D eigenvalue weighted by molar-refractivity contribution is 0.0600. The highest BCUT2D eigenvalue weighted by molar-refractivity contribution is 7.92. The number of thiophene rings is 1. The molecule has 0 saturated carbocycles. The summed E-state index contributed by atoms with van der Waals surface area (Å²) in [6.45, 7) is 0. The van der Waals surface area contributed by atoms with Crippen LogP contribution in [0.2, 0.25) is 0 Å². The summed E-state index contributed by atoms with van der Waals surface area (Å²) in [7, 11) is -1.10. The normalized spacial score (nSPS) is 11.0. The topological polar surface area (TPSA) is 92.8 Å². The number of carbonyl (C=O) groups is 2. The van der Waals surface area contributed by atoms with E-state index in [4.69, 9.17) is 0 Å². The predicted octanol–water partition coefficient (Wildman–Crippen LogP) is 3.61. The summed E-state index contributed by atoms with van der Waals surface area (Å²) in [4.78, 5) is 24.6. The molecular weight excluding hydrogens is 412 g/mol. The van der Waals surface area contributed by atoms with Crippen LogP contribution in [0.15, 0.2) is 70.9 Å². The molecule has 0 atom stereocenters. The maximum atomic E-state index is 12.8. The minimum atomic E-state index is -3.80. The number of benzene rings is 2. The molecule has 0 radical (unpaired) electrons.